The van der Waals surface area contributed by atoms with Gasteiger partial charge in [-0.15, -0.1) is 0 Å². The molecular formula is C37H20F8O6S. The van der Waals surface area contributed by atoms with E-state index < -0.39 is 79.0 Å². The Hall–Kier alpha value is -6.09. The van der Waals surface area contributed by atoms with E-state index in [0.717, 1.165) is 0 Å². The Kier molecular flexibility index (Phi) is 9.55. The number of methoxy groups -OCH3 is 1. The molecule has 6 rings (SSSR count). The zero-order chi connectivity index (χ0) is 37.5. The summed E-state index contributed by atoms with van der Waals surface area (Å²) < 4.78 is 158. The molecule has 266 valence electrons. The molecule has 0 saturated heterocycles. The zero-order valence-electron chi connectivity index (χ0n) is 26.2. The zero-order valence-corrected chi connectivity index (χ0v) is 27.0. The van der Waals surface area contributed by atoms with E-state index >= 15 is 0 Å². The van der Waals surface area contributed by atoms with Crippen molar-refractivity contribution in [3.05, 3.63) is 144 Å². The lowest BCUT2D eigenvalue weighted by Gasteiger charge is -2.15. The van der Waals surface area contributed by atoms with Crippen LogP contribution in [-0.2, 0) is 9.84 Å². The summed E-state index contributed by atoms with van der Waals surface area (Å²) in [6.45, 7) is 0. The van der Waals surface area contributed by atoms with E-state index in [2.05, 4.69) is 4.74 Å². The molecule has 0 aliphatic carbocycles. The molecule has 0 unspecified atom stereocenters. The highest BCUT2D eigenvalue weighted by Gasteiger charge is 2.35. The van der Waals surface area contributed by atoms with Gasteiger partial charge in [0.05, 0.1) is 28.0 Å². The predicted octanol–water partition coefficient (Wildman–Crippen LogP) is 10.3. The van der Waals surface area contributed by atoms with Crippen LogP contribution in [-0.4, -0.2) is 20.6 Å². The summed E-state index contributed by atoms with van der Waals surface area (Å²) in [5.41, 5.74) is -2.91. The molecule has 0 spiro atoms. The van der Waals surface area contributed by atoms with Crippen LogP contribution in [0.2, 0.25) is 0 Å². The molecule has 0 fully saturated rings. The summed E-state index contributed by atoms with van der Waals surface area (Å²) in [7, 11) is -3.17. The summed E-state index contributed by atoms with van der Waals surface area (Å²) in [6, 6.07) is 22.5. The van der Waals surface area contributed by atoms with E-state index in [1.165, 1.54) is 72.8 Å². The van der Waals surface area contributed by atoms with Gasteiger partial charge in [-0.25, -0.2) is 26.0 Å². The molecule has 0 aromatic heterocycles. The minimum absolute atomic E-state index is 0.00364. The SMILES string of the molecule is COc1c(F)c(F)c(-c2c(F)c(F)c(Oc3ccc(-c4ccc(Oc5ccc(S(=O)(=O)c6ccc(O)cc6)cc5)cc4)cc3)c(F)c2F)c(F)c1F. The molecule has 0 heterocycles. The number of phenols is 1. The fourth-order valence-corrected chi connectivity index (χ4v) is 6.32. The van der Waals surface area contributed by atoms with E-state index in [9.17, 15) is 48.6 Å². The Morgan fingerprint density at radius 1 is 0.442 bits per heavy atom. The fourth-order valence-electron chi connectivity index (χ4n) is 5.06. The Morgan fingerprint density at radius 3 is 1.15 bits per heavy atom. The summed E-state index contributed by atoms with van der Waals surface area (Å²) in [5.74, 6) is -21.2. The highest BCUT2D eigenvalue weighted by Crippen LogP contribution is 2.42. The van der Waals surface area contributed by atoms with Crippen LogP contribution < -0.4 is 14.2 Å². The van der Waals surface area contributed by atoms with Crippen molar-refractivity contribution < 1.29 is 62.9 Å². The normalized spacial score (nSPS) is 11.4. The van der Waals surface area contributed by atoms with Crippen molar-refractivity contribution in [2.24, 2.45) is 0 Å². The lowest BCUT2D eigenvalue weighted by molar-refractivity contribution is 0.332. The molecule has 0 bridgehead atoms. The van der Waals surface area contributed by atoms with Crippen molar-refractivity contribution in [3.63, 3.8) is 0 Å². The third kappa shape index (κ3) is 6.46. The topological polar surface area (TPSA) is 82.1 Å². The maximum atomic E-state index is 15.0. The van der Waals surface area contributed by atoms with Crippen LogP contribution in [0.5, 0.6) is 34.5 Å². The summed E-state index contributed by atoms with van der Waals surface area (Å²) in [6.07, 6.45) is 0. The van der Waals surface area contributed by atoms with Crippen LogP contribution >= 0.6 is 0 Å². The van der Waals surface area contributed by atoms with Crippen LogP contribution in [0.3, 0.4) is 0 Å². The van der Waals surface area contributed by atoms with Gasteiger partial charge in [0.1, 0.15) is 23.0 Å². The van der Waals surface area contributed by atoms with Gasteiger partial charge in [0.25, 0.3) is 0 Å². The monoisotopic (exact) mass is 744 g/mol. The molecule has 6 aromatic carbocycles. The van der Waals surface area contributed by atoms with Crippen LogP contribution in [0.25, 0.3) is 22.3 Å². The highest BCUT2D eigenvalue weighted by atomic mass is 32.2. The van der Waals surface area contributed by atoms with Crippen LogP contribution in [0.4, 0.5) is 35.1 Å². The number of benzene rings is 6. The molecular weight excluding hydrogens is 724 g/mol. The summed E-state index contributed by atoms with van der Waals surface area (Å²) in [4.78, 5) is 0.0164. The number of hydrogen-bond donors (Lipinski definition) is 1. The maximum absolute atomic E-state index is 15.0. The summed E-state index contributed by atoms with van der Waals surface area (Å²) >= 11 is 0. The van der Waals surface area contributed by atoms with Crippen LogP contribution in [0.1, 0.15) is 0 Å². The fraction of sp³-hybridized carbons (Fsp3) is 0.0270. The lowest BCUT2D eigenvalue weighted by atomic mass is 10.0. The predicted molar refractivity (Wildman–Crippen MR) is 170 cm³/mol. The molecule has 15 heteroatoms. The number of sulfone groups is 1. The first-order chi connectivity index (χ1) is 24.7. The lowest BCUT2D eigenvalue weighted by Crippen LogP contribution is -2.09. The van der Waals surface area contributed by atoms with Gasteiger partial charge in [-0.3, -0.25) is 0 Å². The van der Waals surface area contributed by atoms with Gasteiger partial charge in [-0.05, 0) is 83.9 Å². The smallest absolute Gasteiger partial charge is 0.206 e. The third-order valence-corrected chi connectivity index (χ3v) is 9.46. The van der Waals surface area contributed by atoms with Gasteiger partial charge in [0.15, 0.2) is 29.0 Å². The quantitative estimate of drug-likeness (QED) is 0.117. The second kappa shape index (κ2) is 13.9. The molecule has 6 aromatic rings. The van der Waals surface area contributed by atoms with Crippen molar-refractivity contribution in [2.75, 3.05) is 7.11 Å². The Bertz CT molecular complexity index is 2360. The van der Waals surface area contributed by atoms with Gasteiger partial charge >= 0.3 is 0 Å². The molecule has 52 heavy (non-hydrogen) atoms. The van der Waals surface area contributed by atoms with E-state index in [0.29, 0.717) is 29.7 Å². The Morgan fingerprint density at radius 2 is 0.769 bits per heavy atom. The van der Waals surface area contributed by atoms with Gasteiger partial charge in [-0.1, -0.05) is 24.3 Å². The second-order valence-electron chi connectivity index (χ2n) is 10.8. The van der Waals surface area contributed by atoms with Gasteiger partial charge in [0.2, 0.25) is 38.9 Å². The van der Waals surface area contributed by atoms with E-state index in [-0.39, 0.29) is 21.3 Å². The number of halogens is 8. The molecule has 0 aliphatic rings. The van der Waals surface area contributed by atoms with Crippen LogP contribution in [0, 0.1) is 46.5 Å². The van der Waals surface area contributed by atoms with E-state index in [1.54, 1.807) is 24.3 Å². The van der Waals surface area contributed by atoms with Gasteiger partial charge in [0, 0.05) is 0 Å². The molecule has 6 nitrogen and oxygen atoms in total. The van der Waals surface area contributed by atoms with E-state index in [4.69, 9.17) is 9.47 Å². The maximum Gasteiger partial charge on any atom is 0.206 e. The number of rotatable bonds is 9. The highest BCUT2D eigenvalue weighted by molar-refractivity contribution is 7.91. The van der Waals surface area contributed by atoms with E-state index in [1.807, 2.05) is 0 Å². The number of ether oxygens (including phenoxy) is 3. The van der Waals surface area contributed by atoms with Crippen molar-refractivity contribution in [1.82, 2.24) is 0 Å². The molecule has 0 radical (unpaired) electrons. The van der Waals surface area contributed by atoms with Crippen LogP contribution in [0.15, 0.2) is 107 Å². The molecule has 0 aliphatic heterocycles. The molecule has 0 saturated carbocycles. The average Bonchev–Trinajstić information content (AvgIpc) is 3.14. The first-order valence-electron chi connectivity index (χ1n) is 14.7. The second-order valence-corrected chi connectivity index (χ2v) is 12.8. The Labute approximate surface area is 289 Å². The molecule has 1 N–H and O–H groups in total. The standard InChI is InChI=1S/C37H20F8O6S/c1-49-36-32(42)28(38)26(29(39)33(36)43)27-30(40)34(44)37(35(45)31(27)41)51-23-10-4-19(5-11-23)18-2-8-21(9-3-18)50-22-12-16-25(17-13-22)52(47,48)24-14-6-20(46)7-15-24/h2-17,46H,1H3. The van der Waals surface area contributed by atoms with Crippen molar-refractivity contribution in [1.29, 1.82) is 0 Å². The average molecular weight is 745 g/mol. The summed E-state index contributed by atoms with van der Waals surface area (Å²) in [5, 5.41) is 9.42. The Balaban J connectivity index is 1.17. The first kappa shape index (κ1) is 35.7. The molecule has 0 amide bonds. The largest absolute Gasteiger partial charge is 0.508 e. The number of aromatic hydroxyl groups is 1. The van der Waals surface area contributed by atoms with Gasteiger partial charge < -0.3 is 19.3 Å². The molecule has 0 atom stereocenters. The minimum atomic E-state index is -3.83. The minimum Gasteiger partial charge on any atom is -0.508 e. The van der Waals surface area contributed by atoms with Crippen molar-refractivity contribution in [3.8, 4) is 56.8 Å². The van der Waals surface area contributed by atoms with Crippen molar-refractivity contribution >= 4 is 9.84 Å². The number of phenolic OH excluding ortho intramolecular Hbond substituents is 1. The van der Waals surface area contributed by atoms with Crippen molar-refractivity contribution in [2.45, 2.75) is 9.79 Å². The van der Waals surface area contributed by atoms with Gasteiger partial charge in [-0.2, -0.15) is 17.6 Å². The number of hydrogen-bond acceptors (Lipinski definition) is 6. The third-order valence-electron chi connectivity index (χ3n) is 7.68. The first-order valence-corrected chi connectivity index (χ1v) is 16.2.